The molecule has 3 aromatic rings. The molecular formula is C19H17N5OS. The third kappa shape index (κ3) is 2.97. The van der Waals surface area contributed by atoms with E-state index in [0.29, 0.717) is 5.95 Å². The van der Waals surface area contributed by atoms with E-state index in [1.54, 1.807) is 11.8 Å². The molecule has 7 heteroatoms. The van der Waals surface area contributed by atoms with Crippen LogP contribution in [0.2, 0.25) is 0 Å². The van der Waals surface area contributed by atoms with Crippen LogP contribution in [0.25, 0.3) is 16.6 Å². The summed E-state index contributed by atoms with van der Waals surface area (Å²) in [5, 5.41) is 0.849. The first-order valence-corrected chi connectivity index (χ1v) is 9.14. The van der Waals surface area contributed by atoms with E-state index in [4.69, 9.17) is 11.5 Å². The standard InChI is InChI=1S/C19H17N5OS/c20-17(25)11-14(12-4-2-1-3-5-12)13-6-7-15-16(10-13)24(18(21)23-15)19-22-8-9-26-19/h1-7,10-11H,8-9H2,(H2,20,25)(H2,21,23)/b14-11+. The first-order valence-electron chi connectivity index (χ1n) is 8.16. The first-order chi connectivity index (χ1) is 12.6. The summed E-state index contributed by atoms with van der Waals surface area (Å²) in [6.45, 7) is 0.773. The van der Waals surface area contributed by atoms with Crippen molar-refractivity contribution >= 4 is 45.4 Å². The maximum atomic E-state index is 11.6. The molecule has 0 aliphatic carbocycles. The van der Waals surface area contributed by atoms with Crippen LogP contribution in [0.15, 0.2) is 59.6 Å². The smallest absolute Gasteiger partial charge is 0.242 e. The predicted molar refractivity (Wildman–Crippen MR) is 107 cm³/mol. The summed E-state index contributed by atoms with van der Waals surface area (Å²) in [6, 6.07) is 15.5. The quantitative estimate of drug-likeness (QED) is 0.698. The van der Waals surface area contributed by atoms with E-state index in [9.17, 15) is 4.79 Å². The monoisotopic (exact) mass is 363 g/mol. The normalized spacial score (nSPS) is 14.6. The first kappa shape index (κ1) is 16.4. The lowest BCUT2D eigenvalue weighted by molar-refractivity contribution is -0.113. The average Bonchev–Trinajstić information content (AvgIpc) is 3.26. The van der Waals surface area contributed by atoms with Crippen LogP contribution in [-0.2, 0) is 4.79 Å². The molecule has 1 amide bonds. The lowest BCUT2D eigenvalue weighted by Crippen LogP contribution is -2.09. The van der Waals surface area contributed by atoms with Crippen molar-refractivity contribution in [2.75, 3.05) is 18.0 Å². The van der Waals surface area contributed by atoms with E-state index in [0.717, 1.165) is 45.2 Å². The van der Waals surface area contributed by atoms with Crippen molar-refractivity contribution in [1.29, 1.82) is 0 Å². The molecule has 2 aromatic carbocycles. The maximum Gasteiger partial charge on any atom is 0.242 e. The van der Waals surface area contributed by atoms with Crippen LogP contribution in [0.3, 0.4) is 0 Å². The fourth-order valence-corrected chi connectivity index (χ4v) is 3.88. The van der Waals surface area contributed by atoms with Crippen LogP contribution in [0.4, 0.5) is 5.95 Å². The number of aliphatic imine (C=N–C) groups is 1. The molecule has 1 aliphatic rings. The lowest BCUT2D eigenvalue weighted by Gasteiger charge is -2.10. The number of anilines is 1. The van der Waals surface area contributed by atoms with Crippen molar-refractivity contribution in [3.8, 4) is 0 Å². The van der Waals surface area contributed by atoms with Crippen molar-refractivity contribution < 1.29 is 4.79 Å². The zero-order chi connectivity index (χ0) is 18.1. The minimum absolute atomic E-state index is 0.408. The predicted octanol–water partition coefficient (Wildman–Crippen LogP) is 2.49. The number of nitrogen functional groups attached to an aromatic ring is 1. The minimum Gasteiger partial charge on any atom is -0.369 e. The van der Waals surface area contributed by atoms with E-state index in [2.05, 4.69) is 9.98 Å². The average molecular weight is 363 g/mol. The van der Waals surface area contributed by atoms with Gasteiger partial charge in [-0.15, -0.1) is 0 Å². The largest absolute Gasteiger partial charge is 0.369 e. The summed E-state index contributed by atoms with van der Waals surface area (Å²) < 4.78 is 1.86. The van der Waals surface area contributed by atoms with Gasteiger partial charge in [-0.3, -0.25) is 14.4 Å². The molecule has 0 unspecified atom stereocenters. The van der Waals surface area contributed by atoms with Crippen LogP contribution >= 0.6 is 11.8 Å². The number of nitrogens with two attached hydrogens (primary N) is 2. The SMILES string of the molecule is NC(=O)/C=C(\c1ccccc1)c1ccc2nc(N)n(C3=NCCS3)c2c1. The second kappa shape index (κ2) is 6.68. The van der Waals surface area contributed by atoms with Crippen LogP contribution in [0, 0.1) is 0 Å². The molecule has 26 heavy (non-hydrogen) atoms. The number of amides is 1. The molecule has 0 saturated heterocycles. The molecule has 1 aliphatic heterocycles. The van der Waals surface area contributed by atoms with E-state index in [1.165, 1.54) is 6.08 Å². The Hall–Kier alpha value is -3.06. The lowest BCUT2D eigenvalue weighted by atomic mass is 9.97. The summed E-state index contributed by atoms with van der Waals surface area (Å²) in [5.74, 6) is 0.850. The molecule has 6 nitrogen and oxygen atoms in total. The molecule has 0 fully saturated rings. The summed E-state index contributed by atoms with van der Waals surface area (Å²) >= 11 is 1.65. The summed E-state index contributed by atoms with van der Waals surface area (Å²) in [4.78, 5) is 20.5. The number of fused-ring (bicyclic) bond motifs is 1. The van der Waals surface area contributed by atoms with Gasteiger partial charge in [-0.05, 0) is 28.8 Å². The molecular weight excluding hydrogens is 346 g/mol. The molecule has 2 heterocycles. The molecule has 0 spiro atoms. The number of carbonyl (C=O) groups excluding carboxylic acids is 1. The molecule has 4 rings (SSSR count). The Kier molecular flexibility index (Phi) is 4.22. The summed E-state index contributed by atoms with van der Waals surface area (Å²) in [6.07, 6.45) is 1.45. The number of hydrogen-bond acceptors (Lipinski definition) is 5. The molecule has 0 saturated carbocycles. The third-order valence-corrected chi connectivity index (χ3v) is 5.08. The van der Waals surface area contributed by atoms with Gasteiger partial charge in [0.2, 0.25) is 11.9 Å². The van der Waals surface area contributed by atoms with E-state index >= 15 is 0 Å². The summed E-state index contributed by atoms with van der Waals surface area (Å²) in [7, 11) is 0. The van der Waals surface area contributed by atoms with Crippen LogP contribution in [-0.4, -0.2) is 32.9 Å². The van der Waals surface area contributed by atoms with Crippen molar-refractivity contribution in [3.63, 3.8) is 0 Å². The van der Waals surface area contributed by atoms with Crippen molar-refractivity contribution in [2.24, 2.45) is 10.7 Å². The van der Waals surface area contributed by atoms with Gasteiger partial charge >= 0.3 is 0 Å². The Bertz CT molecular complexity index is 1050. The Morgan fingerprint density at radius 3 is 2.65 bits per heavy atom. The number of imidazole rings is 1. The highest BCUT2D eigenvalue weighted by Crippen LogP contribution is 2.29. The van der Waals surface area contributed by atoms with Gasteiger partial charge in [0.1, 0.15) is 0 Å². The number of thioether (sulfide) groups is 1. The van der Waals surface area contributed by atoms with Crippen molar-refractivity contribution in [1.82, 2.24) is 9.55 Å². The zero-order valence-electron chi connectivity index (χ0n) is 13.9. The van der Waals surface area contributed by atoms with Crippen molar-refractivity contribution in [2.45, 2.75) is 0 Å². The van der Waals surface area contributed by atoms with Gasteiger partial charge < -0.3 is 11.5 Å². The second-order valence-corrected chi connectivity index (χ2v) is 6.91. The Morgan fingerprint density at radius 1 is 1.15 bits per heavy atom. The van der Waals surface area contributed by atoms with Gasteiger partial charge in [-0.25, -0.2) is 4.98 Å². The molecule has 0 radical (unpaired) electrons. The number of benzene rings is 2. The minimum atomic E-state index is -0.493. The molecule has 4 N–H and O–H groups in total. The number of hydrogen-bond donors (Lipinski definition) is 2. The third-order valence-electron chi connectivity index (χ3n) is 4.12. The van der Waals surface area contributed by atoms with Gasteiger partial charge in [-0.2, -0.15) is 0 Å². The number of rotatable bonds is 3. The van der Waals surface area contributed by atoms with E-state index in [-0.39, 0.29) is 0 Å². The van der Waals surface area contributed by atoms with Gasteiger partial charge in [0.15, 0.2) is 5.17 Å². The second-order valence-electron chi connectivity index (χ2n) is 5.85. The molecule has 0 atom stereocenters. The number of nitrogens with zero attached hydrogens (tertiary/aromatic N) is 3. The van der Waals surface area contributed by atoms with Gasteiger partial charge in [-0.1, -0.05) is 48.2 Å². The highest BCUT2D eigenvalue weighted by Gasteiger charge is 2.18. The van der Waals surface area contributed by atoms with Crippen LogP contribution < -0.4 is 11.5 Å². The summed E-state index contributed by atoms with van der Waals surface area (Å²) in [5.41, 5.74) is 15.7. The highest BCUT2D eigenvalue weighted by atomic mass is 32.2. The Morgan fingerprint density at radius 2 is 1.96 bits per heavy atom. The zero-order valence-corrected chi connectivity index (χ0v) is 14.7. The highest BCUT2D eigenvalue weighted by molar-refractivity contribution is 8.14. The van der Waals surface area contributed by atoms with E-state index < -0.39 is 5.91 Å². The molecule has 130 valence electrons. The topological polar surface area (TPSA) is 99.3 Å². The van der Waals surface area contributed by atoms with Crippen LogP contribution in [0.5, 0.6) is 0 Å². The fourth-order valence-electron chi connectivity index (χ4n) is 3.01. The number of primary amides is 1. The van der Waals surface area contributed by atoms with E-state index in [1.807, 2.05) is 53.1 Å². The Balaban J connectivity index is 1.90. The van der Waals surface area contributed by atoms with Gasteiger partial charge in [0, 0.05) is 11.8 Å². The van der Waals surface area contributed by atoms with Gasteiger partial charge in [0.25, 0.3) is 0 Å². The van der Waals surface area contributed by atoms with Crippen molar-refractivity contribution in [3.05, 3.63) is 65.7 Å². The van der Waals surface area contributed by atoms with Crippen LogP contribution in [0.1, 0.15) is 11.1 Å². The Labute approximate surface area is 154 Å². The fraction of sp³-hybridized carbons (Fsp3) is 0.105. The van der Waals surface area contributed by atoms with Gasteiger partial charge in [0.05, 0.1) is 17.6 Å². The molecule has 0 bridgehead atoms. The number of aromatic nitrogens is 2. The number of carbonyl (C=O) groups is 1. The molecule has 1 aromatic heterocycles. The maximum absolute atomic E-state index is 11.6.